The van der Waals surface area contributed by atoms with Crippen LogP contribution in [-0.4, -0.2) is 27.5 Å². The van der Waals surface area contributed by atoms with Crippen LogP contribution in [0.2, 0.25) is 0 Å². The van der Waals surface area contributed by atoms with Crippen molar-refractivity contribution in [1.82, 2.24) is 10.0 Å². The number of hydrogen-bond donors (Lipinski definition) is 2. The van der Waals surface area contributed by atoms with Gasteiger partial charge in [0.2, 0.25) is 10.0 Å². The van der Waals surface area contributed by atoms with Crippen LogP contribution in [0.4, 0.5) is 0 Å². The van der Waals surface area contributed by atoms with Gasteiger partial charge in [-0.2, -0.15) is 0 Å². The Bertz CT molecular complexity index is 785. The molecule has 7 nitrogen and oxygen atoms in total. The highest BCUT2D eigenvalue weighted by atomic mass is 32.2. The standard InChI is InChI=1S/C16H20N2O5S/c1-3-18-24(20,21)15-10-12(7-8-14(15)22-4-2)16(19)17-11-13-6-5-9-23-13/h5-10,18H,3-4,11H2,1-2H3,(H,17,19). The average Bonchev–Trinajstić information content (AvgIpc) is 3.06. The van der Waals surface area contributed by atoms with Gasteiger partial charge in [-0.1, -0.05) is 6.92 Å². The first-order valence-electron chi connectivity index (χ1n) is 7.55. The molecule has 0 atom stereocenters. The third kappa shape index (κ3) is 4.36. The van der Waals surface area contributed by atoms with Crippen LogP contribution in [-0.2, 0) is 16.6 Å². The van der Waals surface area contributed by atoms with Gasteiger partial charge in [0.05, 0.1) is 19.4 Å². The molecule has 2 rings (SSSR count). The second kappa shape index (κ2) is 7.98. The van der Waals surface area contributed by atoms with E-state index in [0.717, 1.165) is 0 Å². The van der Waals surface area contributed by atoms with E-state index in [9.17, 15) is 13.2 Å². The molecule has 0 fully saturated rings. The maximum Gasteiger partial charge on any atom is 0.251 e. The monoisotopic (exact) mass is 352 g/mol. The van der Waals surface area contributed by atoms with Crippen LogP contribution in [0, 0.1) is 0 Å². The lowest BCUT2D eigenvalue weighted by atomic mass is 10.2. The van der Waals surface area contributed by atoms with E-state index in [0.29, 0.717) is 12.4 Å². The molecule has 0 aliphatic heterocycles. The summed E-state index contributed by atoms with van der Waals surface area (Å²) >= 11 is 0. The van der Waals surface area contributed by atoms with Crippen LogP contribution >= 0.6 is 0 Å². The van der Waals surface area contributed by atoms with Crippen LogP contribution in [0.3, 0.4) is 0 Å². The van der Waals surface area contributed by atoms with E-state index < -0.39 is 15.9 Å². The number of rotatable bonds is 8. The first-order chi connectivity index (χ1) is 11.5. The van der Waals surface area contributed by atoms with Crippen molar-refractivity contribution in [3.8, 4) is 5.75 Å². The summed E-state index contributed by atoms with van der Waals surface area (Å²) in [5, 5.41) is 2.67. The van der Waals surface area contributed by atoms with Crippen LogP contribution in [0.15, 0.2) is 45.9 Å². The highest BCUT2D eigenvalue weighted by molar-refractivity contribution is 7.89. The molecule has 8 heteroatoms. The molecule has 2 N–H and O–H groups in total. The molecule has 0 spiro atoms. The smallest absolute Gasteiger partial charge is 0.251 e. The Morgan fingerprint density at radius 1 is 1.25 bits per heavy atom. The van der Waals surface area contributed by atoms with Gasteiger partial charge in [0, 0.05) is 12.1 Å². The van der Waals surface area contributed by atoms with Crippen molar-refractivity contribution in [2.45, 2.75) is 25.3 Å². The van der Waals surface area contributed by atoms with Crippen molar-refractivity contribution < 1.29 is 22.4 Å². The lowest BCUT2D eigenvalue weighted by Crippen LogP contribution is -2.26. The molecule has 2 aromatic rings. The van der Waals surface area contributed by atoms with Crippen molar-refractivity contribution in [1.29, 1.82) is 0 Å². The Hall–Kier alpha value is -2.32. The fraction of sp³-hybridized carbons (Fsp3) is 0.312. The minimum absolute atomic E-state index is 0.0585. The Kier molecular flexibility index (Phi) is 5.99. The molecule has 0 saturated carbocycles. The molecule has 130 valence electrons. The van der Waals surface area contributed by atoms with Gasteiger partial charge in [0.1, 0.15) is 16.4 Å². The van der Waals surface area contributed by atoms with Gasteiger partial charge >= 0.3 is 0 Å². The number of ether oxygens (including phenoxy) is 1. The maximum atomic E-state index is 12.3. The van der Waals surface area contributed by atoms with Crippen LogP contribution in [0.5, 0.6) is 5.75 Å². The lowest BCUT2D eigenvalue weighted by molar-refractivity contribution is 0.0947. The molecule has 0 unspecified atom stereocenters. The number of benzene rings is 1. The zero-order valence-electron chi connectivity index (χ0n) is 13.5. The molecule has 0 saturated heterocycles. The predicted octanol–water partition coefficient (Wildman–Crippen LogP) is 1.91. The zero-order chi connectivity index (χ0) is 17.6. The van der Waals surface area contributed by atoms with Crippen molar-refractivity contribution in [3.63, 3.8) is 0 Å². The molecular weight excluding hydrogens is 332 g/mol. The van der Waals surface area contributed by atoms with Crippen molar-refractivity contribution in [3.05, 3.63) is 47.9 Å². The quantitative estimate of drug-likeness (QED) is 0.756. The Balaban J connectivity index is 2.26. The molecule has 0 radical (unpaired) electrons. The highest BCUT2D eigenvalue weighted by Crippen LogP contribution is 2.25. The molecule has 1 heterocycles. The van der Waals surface area contributed by atoms with Crippen molar-refractivity contribution >= 4 is 15.9 Å². The molecule has 1 aromatic carbocycles. The van der Waals surface area contributed by atoms with Crippen LogP contribution < -0.4 is 14.8 Å². The summed E-state index contributed by atoms with van der Waals surface area (Å²) in [4.78, 5) is 12.2. The lowest BCUT2D eigenvalue weighted by Gasteiger charge is -2.13. The summed E-state index contributed by atoms with van der Waals surface area (Å²) in [6.45, 7) is 4.21. The first-order valence-corrected chi connectivity index (χ1v) is 9.03. The van der Waals surface area contributed by atoms with Gasteiger partial charge in [0.15, 0.2) is 0 Å². The summed E-state index contributed by atoms with van der Waals surface area (Å²) in [5.41, 5.74) is 0.224. The van der Waals surface area contributed by atoms with Gasteiger partial charge < -0.3 is 14.5 Å². The van der Waals surface area contributed by atoms with E-state index in [1.54, 1.807) is 26.0 Å². The Morgan fingerprint density at radius 3 is 2.67 bits per heavy atom. The highest BCUT2D eigenvalue weighted by Gasteiger charge is 2.21. The molecule has 0 aliphatic rings. The first kappa shape index (κ1) is 18.0. The number of nitrogens with one attached hydrogen (secondary N) is 2. The van der Waals surface area contributed by atoms with E-state index in [1.165, 1.54) is 24.5 Å². The second-order valence-corrected chi connectivity index (χ2v) is 6.59. The number of carbonyl (C=O) groups is 1. The summed E-state index contributed by atoms with van der Waals surface area (Å²) < 4.78 is 37.5. The topological polar surface area (TPSA) is 97.6 Å². The minimum Gasteiger partial charge on any atom is -0.492 e. The normalized spacial score (nSPS) is 11.2. The number of sulfonamides is 1. The summed E-state index contributed by atoms with van der Waals surface area (Å²) in [6.07, 6.45) is 1.51. The molecule has 24 heavy (non-hydrogen) atoms. The van der Waals surface area contributed by atoms with Gasteiger partial charge in [-0.25, -0.2) is 13.1 Å². The van der Waals surface area contributed by atoms with Crippen LogP contribution in [0.25, 0.3) is 0 Å². The van der Waals surface area contributed by atoms with E-state index >= 15 is 0 Å². The van der Waals surface area contributed by atoms with Crippen molar-refractivity contribution in [2.24, 2.45) is 0 Å². The van der Waals surface area contributed by atoms with Gasteiger partial charge in [-0.05, 0) is 37.3 Å². The zero-order valence-corrected chi connectivity index (χ0v) is 14.4. The number of hydrogen-bond acceptors (Lipinski definition) is 5. The fourth-order valence-corrected chi connectivity index (χ4v) is 3.29. The average molecular weight is 352 g/mol. The molecule has 1 amide bonds. The number of furan rings is 1. The van der Waals surface area contributed by atoms with E-state index in [1.807, 2.05) is 0 Å². The Morgan fingerprint density at radius 2 is 2.04 bits per heavy atom. The summed E-state index contributed by atoms with van der Waals surface area (Å²) in [6, 6.07) is 7.77. The molecule has 1 aromatic heterocycles. The number of carbonyl (C=O) groups excluding carboxylic acids is 1. The maximum absolute atomic E-state index is 12.3. The molecular formula is C16H20N2O5S. The second-order valence-electron chi connectivity index (χ2n) is 4.86. The van der Waals surface area contributed by atoms with E-state index in [2.05, 4.69) is 10.0 Å². The number of amides is 1. The molecule has 0 bridgehead atoms. The van der Waals surface area contributed by atoms with Crippen molar-refractivity contribution in [2.75, 3.05) is 13.2 Å². The van der Waals surface area contributed by atoms with Gasteiger partial charge in [0.25, 0.3) is 5.91 Å². The third-order valence-corrected chi connectivity index (χ3v) is 4.70. The van der Waals surface area contributed by atoms with E-state index in [4.69, 9.17) is 9.15 Å². The minimum atomic E-state index is -3.75. The SMILES string of the molecule is CCNS(=O)(=O)c1cc(C(=O)NCc2ccco2)ccc1OCC. The Labute approximate surface area is 141 Å². The largest absolute Gasteiger partial charge is 0.492 e. The van der Waals surface area contributed by atoms with Gasteiger partial charge in [-0.3, -0.25) is 4.79 Å². The van der Waals surface area contributed by atoms with E-state index in [-0.39, 0.29) is 29.3 Å². The fourth-order valence-electron chi connectivity index (χ4n) is 2.08. The predicted molar refractivity (Wildman–Crippen MR) is 88.4 cm³/mol. The van der Waals surface area contributed by atoms with Crippen LogP contribution in [0.1, 0.15) is 30.0 Å². The molecule has 0 aliphatic carbocycles. The summed E-state index contributed by atoms with van der Waals surface area (Å²) in [7, 11) is -3.75. The van der Waals surface area contributed by atoms with Gasteiger partial charge in [-0.15, -0.1) is 0 Å². The third-order valence-electron chi connectivity index (χ3n) is 3.13. The summed E-state index contributed by atoms with van der Waals surface area (Å²) in [5.74, 6) is 0.415.